The molecule has 0 bridgehead atoms. The number of unbranched alkanes of at least 4 members (excludes halogenated alkanes) is 1. The first-order valence-electron chi connectivity index (χ1n) is 14.8. The minimum Gasteiger partial charge on any atom is -0.507 e. The van der Waals surface area contributed by atoms with Crippen molar-refractivity contribution in [3.63, 3.8) is 0 Å². The number of aliphatic hydroxyl groups excluding tert-OH is 1. The zero-order valence-electron chi connectivity index (χ0n) is 25.1. The first-order valence-corrected chi connectivity index (χ1v) is 15.6. The number of fused-ring (bicyclic) bond motifs is 2. The summed E-state index contributed by atoms with van der Waals surface area (Å²) in [7, 11) is 1.58. The van der Waals surface area contributed by atoms with Gasteiger partial charge in [-0.15, -0.1) is 0 Å². The molecular weight excluding hydrogens is 580 g/mol. The Bertz CT molecular complexity index is 1780. The van der Waals surface area contributed by atoms with Crippen molar-refractivity contribution in [1.82, 2.24) is 4.98 Å². The third-order valence-corrected chi connectivity index (χ3v) is 8.76. The summed E-state index contributed by atoms with van der Waals surface area (Å²) in [6.45, 7) is 6.87. The van der Waals surface area contributed by atoms with Gasteiger partial charge in [-0.2, -0.15) is 0 Å². The first-order chi connectivity index (χ1) is 21.3. The number of thiazole rings is 1. The summed E-state index contributed by atoms with van der Waals surface area (Å²) in [5.74, 6) is 0.627. The van der Waals surface area contributed by atoms with Crippen LogP contribution in [0.4, 0.5) is 5.13 Å². The second-order valence-corrected chi connectivity index (χ2v) is 11.8. The van der Waals surface area contributed by atoms with E-state index in [1.807, 2.05) is 32.0 Å². The summed E-state index contributed by atoms with van der Waals surface area (Å²) in [5, 5.41) is 12.1. The molecule has 2 aliphatic heterocycles. The number of anilines is 1. The van der Waals surface area contributed by atoms with Crippen LogP contribution in [0.3, 0.4) is 0 Å². The van der Waals surface area contributed by atoms with Gasteiger partial charge < -0.3 is 24.1 Å². The molecule has 1 N–H and O–H groups in total. The zero-order valence-corrected chi connectivity index (χ0v) is 25.9. The van der Waals surface area contributed by atoms with Crippen molar-refractivity contribution < 1.29 is 33.6 Å². The highest BCUT2D eigenvalue weighted by molar-refractivity contribution is 7.22. The number of carbonyl (C=O) groups is 2. The van der Waals surface area contributed by atoms with Crippen LogP contribution in [0, 0.1) is 0 Å². The number of benzene rings is 3. The van der Waals surface area contributed by atoms with E-state index in [1.54, 1.807) is 43.5 Å². The fourth-order valence-corrected chi connectivity index (χ4v) is 6.62. The average Bonchev–Trinajstić information content (AvgIpc) is 3.69. The number of hydrogen-bond donors (Lipinski definition) is 1. The van der Waals surface area contributed by atoms with Gasteiger partial charge in [0, 0.05) is 12.0 Å². The zero-order chi connectivity index (χ0) is 31.0. The Morgan fingerprint density at radius 3 is 2.68 bits per heavy atom. The standard InChI is InChI=1S/C34H34N2O7S/c1-5-7-14-42-26-13-8-20(17-27(26)41-6-2)30-29(31(37)21-9-12-25-22(16-21)15-19(3)43-25)32(38)33(39)36(30)34-35-24-11-10-23(40-4)18-28(24)44-34/h8-13,16-19,30,37H,5-7,14-15H2,1-4H3/t19-,30-/m1/s1. The molecule has 44 heavy (non-hydrogen) atoms. The summed E-state index contributed by atoms with van der Waals surface area (Å²) in [6, 6.07) is 15.1. The maximum atomic E-state index is 13.8. The molecule has 1 aromatic heterocycles. The predicted octanol–water partition coefficient (Wildman–Crippen LogP) is 6.83. The smallest absolute Gasteiger partial charge is 0.301 e. The summed E-state index contributed by atoms with van der Waals surface area (Å²) >= 11 is 1.27. The van der Waals surface area contributed by atoms with Crippen molar-refractivity contribution in [2.45, 2.75) is 52.2 Å². The molecule has 1 amide bonds. The molecule has 0 radical (unpaired) electrons. The van der Waals surface area contributed by atoms with E-state index in [4.69, 9.17) is 23.9 Å². The predicted molar refractivity (Wildman–Crippen MR) is 169 cm³/mol. The number of ether oxygens (including phenoxy) is 4. The van der Waals surface area contributed by atoms with Crippen LogP contribution in [0.5, 0.6) is 23.0 Å². The summed E-state index contributed by atoms with van der Waals surface area (Å²) < 4.78 is 23.9. The molecule has 9 nitrogen and oxygen atoms in total. The molecule has 6 rings (SSSR count). The Hall–Kier alpha value is -4.57. The van der Waals surface area contributed by atoms with Crippen molar-refractivity contribution in [3.8, 4) is 23.0 Å². The second-order valence-electron chi connectivity index (χ2n) is 10.8. The molecular formula is C34H34N2O7S. The van der Waals surface area contributed by atoms with Crippen molar-refractivity contribution in [1.29, 1.82) is 0 Å². The van der Waals surface area contributed by atoms with Gasteiger partial charge in [0.1, 0.15) is 23.4 Å². The molecule has 1 saturated heterocycles. The number of methoxy groups -OCH3 is 1. The number of aliphatic hydroxyl groups is 1. The van der Waals surface area contributed by atoms with Crippen LogP contribution in [0.25, 0.3) is 16.0 Å². The number of amides is 1. The van der Waals surface area contributed by atoms with E-state index < -0.39 is 17.7 Å². The van der Waals surface area contributed by atoms with Crippen LogP contribution in [-0.2, 0) is 16.0 Å². The van der Waals surface area contributed by atoms with E-state index in [-0.39, 0.29) is 17.4 Å². The van der Waals surface area contributed by atoms with Gasteiger partial charge in [0.2, 0.25) is 0 Å². The highest BCUT2D eigenvalue weighted by Gasteiger charge is 2.48. The van der Waals surface area contributed by atoms with E-state index in [1.165, 1.54) is 16.2 Å². The molecule has 3 heterocycles. The maximum Gasteiger partial charge on any atom is 0.301 e. The molecule has 2 atom stereocenters. The molecule has 10 heteroatoms. The van der Waals surface area contributed by atoms with Crippen LogP contribution in [0.15, 0.2) is 60.2 Å². The Labute approximate surface area is 259 Å². The summed E-state index contributed by atoms with van der Waals surface area (Å²) in [5.41, 5.74) is 2.57. The normalized spacial score (nSPS) is 18.9. The van der Waals surface area contributed by atoms with Crippen molar-refractivity contribution in [2.75, 3.05) is 25.2 Å². The molecule has 0 spiro atoms. The van der Waals surface area contributed by atoms with Crippen LogP contribution < -0.4 is 23.8 Å². The van der Waals surface area contributed by atoms with Gasteiger partial charge in [0.05, 0.1) is 42.2 Å². The molecule has 0 saturated carbocycles. The first kappa shape index (κ1) is 29.5. The number of ketones is 1. The van der Waals surface area contributed by atoms with Crippen molar-refractivity contribution >= 4 is 44.1 Å². The number of Topliss-reactive ketones (excluding diaryl/α,β-unsaturated/α-hetero) is 1. The third-order valence-electron chi connectivity index (χ3n) is 7.74. The Morgan fingerprint density at radius 1 is 1.07 bits per heavy atom. The molecule has 0 aliphatic carbocycles. The monoisotopic (exact) mass is 614 g/mol. The highest BCUT2D eigenvalue weighted by atomic mass is 32.1. The van der Waals surface area contributed by atoms with E-state index in [2.05, 4.69) is 6.92 Å². The molecule has 0 unspecified atom stereocenters. The van der Waals surface area contributed by atoms with E-state index in [9.17, 15) is 14.7 Å². The number of nitrogens with zero attached hydrogens (tertiary/aromatic N) is 2. The molecule has 2 aliphatic rings. The van der Waals surface area contributed by atoms with E-state index in [0.717, 1.165) is 28.9 Å². The van der Waals surface area contributed by atoms with E-state index in [0.29, 0.717) is 58.7 Å². The van der Waals surface area contributed by atoms with Gasteiger partial charge in [-0.25, -0.2) is 4.98 Å². The van der Waals surface area contributed by atoms with Gasteiger partial charge in [-0.3, -0.25) is 14.5 Å². The lowest BCUT2D eigenvalue weighted by molar-refractivity contribution is -0.132. The Kier molecular flexibility index (Phi) is 8.18. The van der Waals surface area contributed by atoms with Gasteiger partial charge in [0.15, 0.2) is 16.6 Å². The SMILES string of the molecule is CCCCOc1ccc([C@@H]2C(=C(O)c3ccc4c(c3)C[C@@H](C)O4)C(=O)C(=O)N2c2nc3ccc(OC)cc3s2)cc1OCC. The van der Waals surface area contributed by atoms with Crippen LogP contribution in [-0.4, -0.2) is 48.2 Å². The van der Waals surface area contributed by atoms with Gasteiger partial charge in [-0.05, 0) is 79.9 Å². The molecule has 228 valence electrons. The van der Waals surface area contributed by atoms with Crippen molar-refractivity contribution in [3.05, 3.63) is 76.9 Å². The highest BCUT2D eigenvalue weighted by Crippen LogP contribution is 2.46. The number of rotatable bonds is 10. The van der Waals surface area contributed by atoms with Gasteiger partial charge >= 0.3 is 5.91 Å². The van der Waals surface area contributed by atoms with Crippen molar-refractivity contribution in [2.24, 2.45) is 0 Å². The van der Waals surface area contributed by atoms with Gasteiger partial charge in [-0.1, -0.05) is 30.7 Å². The number of aromatic nitrogens is 1. The van der Waals surface area contributed by atoms with Crippen LogP contribution in [0.2, 0.25) is 0 Å². The largest absolute Gasteiger partial charge is 0.507 e. The van der Waals surface area contributed by atoms with E-state index >= 15 is 0 Å². The summed E-state index contributed by atoms with van der Waals surface area (Å²) in [4.78, 5) is 33.7. The fraction of sp³-hybridized carbons (Fsp3) is 0.324. The quantitative estimate of drug-likeness (QED) is 0.0896. The molecule has 4 aromatic rings. The van der Waals surface area contributed by atoms with Crippen LogP contribution >= 0.6 is 11.3 Å². The maximum absolute atomic E-state index is 13.8. The lowest BCUT2D eigenvalue weighted by Gasteiger charge is -2.24. The fourth-order valence-electron chi connectivity index (χ4n) is 5.60. The lowest BCUT2D eigenvalue weighted by atomic mass is 9.94. The number of carbonyl (C=O) groups excluding carboxylic acids is 2. The topological polar surface area (TPSA) is 107 Å². The third kappa shape index (κ3) is 5.34. The Morgan fingerprint density at radius 2 is 1.91 bits per heavy atom. The van der Waals surface area contributed by atoms with Crippen LogP contribution in [0.1, 0.15) is 56.3 Å². The average molecular weight is 615 g/mol. The summed E-state index contributed by atoms with van der Waals surface area (Å²) in [6.07, 6.45) is 2.57. The number of hydrogen-bond acceptors (Lipinski definition) is 9. The van der Waals surface area contributed by atoms with Gasteiger partial charge in [0.25, 0.3) is 5.78 Å². The lowest BCUT2D eigenvalue weighted by Crippen LogP contribution is -2.29. The minimum atomic E-state index is -0.968. The molecule has 1 fully saturated rings. The second kappa shape index (κ2) is 12.2. The minimum absolute atomic E-state index is 0.0145. The molecule has 3 aromatic carbocycles. The Balaban J connectivity index is 1.51.